The van der Waals surface area contributed by atoms with E-state index in [1.165, 1.54) is 6.42 Å². The number of carbonyl (C=O) groups excluding carboxylic acids is 2. The molecule has 2 aliphatic carbocycles. The summed E-state index contributed by atoms with van der Waals surface area (Å²) in [5.74, 6) is 0.341. The molecule has 5 nitrogen and oxygen atoms in total. The molecule has 2 fully saturated rings. The predicted octanol–water partition coefficient (Wildman–Crippen LogP) is 2.29. The molecule has 0 aromatic carbocycles. The number of carbonyl (C=O) groups is 2. The molecule has 25 heavy (non-hydrogen) atoms. The van der Waals surface area contributed by atoms with Crippen LogP contribution in [0.2, 0.25) is 0 Å². The Bertz CT molecular complexity index is 673. The smallest absolute Gasteiger partial charge is 0.226 e. The lowest BCUT2D eigenvalue weighted by molar-refractivity contribution is -0.134. The maximum atomic E-state index is 12.8. The lowest BCUT2D eigenvalue weighted by Crippen LogP contribution is -2.45. The number of hydrogen-bond acceptors (Lipinski definition) is 3. The van der Waals surface area contributed by atoms with Gasteiger partial charge in [-0.25, -0.2) is 0 Å². The van der Waals surface area contributed by atoms with Crippen molar-refractivity contribution in [2.24, 2.45) is 17.3 Å². The van der Waals surface area contributed by atoms with Crippen molar-refractivity contribution in [2.45, 2.75) is 38.6 Å². The zero-order valence-electron chi connectivity index (χ0n) is 14.5. The second kappa shape index (κ2) is 6.62. The molecule has 1 atom stereocenters. The minimum Gasteiger partial charge on any atom is -0.352 e. The molecular weight excluding hydrogens is 314 g/mol. The predicted molar refractivity (Wildman–Crippen MR) is 94.3 cm³/mol. The summed E-state index contributed by atoms with van der Waals surface area (Å²) >= 11 is 0. The van der Waals surface area contributed by atoms with Crippen LogP contribution in [0.3, 0.4) is 0 Å². The summed E-state index contributed by atoms with van der Waals surface area (Å²) in [4.78, 5) is 31.7. The van der Waals surface area contributed by atoms with Gasteiger partial charge in [-0.1, -0.05) is 24.6 Å². The van der Waals surface area contributed by atoms with Gasteiger partial charge in [0.2, 0.25) is 11.8 Å². The Morgan fingerprint density at radius 3 is 2.72 bits per heavy atom. The highest BCUT2D eigenvalue weighted by atomic mass is 16.2. The van der Waals surface area contributed by atoms with E-state index in [4.69, 9.17) is 0 Å². The number of amides is 2. The first-order valence-electron chi connectivity index (χ1n) is 9.28. The Balaban J connectivity index is 1.41. The molecule has 5 heteroatoms. The van der Waals surface area contributed by atoms with Gasteiger partial charge in [0.25, 0.3) is 0 Å². The molecule has 1 aromatic heterocycles. The van der Waals surface area contributed by atoms with Gasteiger partial charge in [0.05, 0.1) is 5.92 Å². The quantitative estimate of drug-likeness (QED) is 0.856. The molecule has 4 rings (SSSR count). The highest BCUT2D eigenvalue weighted by molar-refractivity contribution is 5.84. The molecule has 0 radical (unpaired) electrons. The maximum Gasteiger partial charge on any atom is 0.226 e. The third-order valence-electron chi connectivity index (χ3n) is 6.17. The van der Waals surface area contributed by atoms with E-state index in [2.05, 4.69) is 22.5 Å². The average molecular weight is 339 g/mol. The van der Waals surface area contributed by atoms with Crippen molar-refractivity contribution in [2.75, 3.05) is 13.1 Å². The van der Waals surface area contributed by atoms with Gasteiger partial charge >= 0.3 is 0 Å². The molecule has 1 saturated heterocycles. The molecule has 1 spiro atoms. The van der Waals surface area contributed by atoms with E-state index in [1.54, 1.807) is 12.4 Å². The fourth-order valence-corrected chi connectivity index (χ4v) is 4.53. The van der Waals surface area contributed by atoms with E-state index < -0.39 is 0 Å². The third kappa shape index (κ3) is 3.08. The van der Waals surface area contributed by atoms with E-state index in [1.807, 2.05) is 17.0 Å². The van der Waals surface area contributed by atoms with Crippen molar-refractivity contribution in [3.8, 4) is 0 Å². The largest absolute Gasteiger partial charge is 0.352 e. The molecular formula is C20H25N3O2. The van der Waals surface area contributed by atoms with Crippen LogP contribution in [-0.4, -0.2) is 34.8 Å². The first kappa shape index (κ1) is 16.3. The number of allylic oxidation sites excluding steroid dienone is 2. The van der Waals surface area contributed by atoms with Gasteiger partial charge in [0.15, 0.2) is 0 Å². The van der Waals surface area contributed by atoms with Crippen LogP contribution in [0.1, 0.15) is 37.7 Å². The van der Waals surface area contributed by atoms with Gasteiger partial charge in [-0.15, -0.1) is 0 Å². The van der Waals surface area contributed by atoms with Crippen LogP contribution in [0.5, 0.6) is 0 Å². The van der Waals surface area contributed by atoms with Crippen LogP contribution in [0.25, 0.3) is 0 Å². The molecule has 1 unspecified atom stereocenters. The molecule has 1 N–H and O–H groups in total. The molecule has 1 saturated carbocycles. The van der Waals surface area contributed by atoms with Gasteiger partial charge in [-0.3, -0.25) is 14.6 Å². The fourth-order valence-electron chi connectivity index (χ4n) is 4.53. The van der Waals surface area contributed by atoms with E-state index in [-0.39, 0.29) is 29.1 Å². The third-order valence-corrected chi connectivity index (χ3v) is 6.17. The molecule has 0 bridgehead atoms. The molecule has 2 heterocycles. The highest BCUT2D eigenvalue weighted by Gasteiger charge is 2.54. The summed E-state index contributed by atoms with van der Waals surface area (Å²) in [7, 11) is 0. The Labute approximate surface area is 148 Å². The Kier molecular flexibility index (Phi) is 4.32. The molecule has 2 amide bonds. The number of rotatable bonds is 4. The number of nitrogens with zero attached hydrogens (tertiary/aromatic N) is 2. The summed E-state index contributed by atoms with van der Waals surface area (Å²) in [6, 6.07) is 3.84. The second-order valence-corrected chi connectivity index (χ2v) is 7.71. The van der Waals surface area contributed by atoms with Gasteiger partial charge in [-0.2, -0.15) is 0 Å². The fraction of sp³-hybridized carbons (Fsp3) is 0.550. The van der Waals surface area contributed by atoms with Crippen LogP contribution >= 0.6 is 0 Å². The van der Waals surface area contributed by atoms with E-state index in [0.29, 0.717) is 13.1 Å². The Morgan fingerprint density at radius 1 is 1.28 bits per heavy atom. The molecule has 3 aliphatic rings. The van der Waals surface area contributed by atoms with E-state index in [0.717, 1.165) is 37.8 Å². The van der Waals surface area contributed by atoms with Gasteiger partial charge < -0.3 is 10.2 Å². The minimum atomic E-state index is -0.0729. The summed E-state index contributed by atoms with van der Waals surface area (Å²) in [6.45, 7) is 1.83. The summed E-state index contributed by atoms with van der Waals surface area (Å²) in [5, 5.41) is 3.06. The first-order chi connectivity index (χ1) is 12.2. The SMILES string of the molecule is O=C(NCc1cccnc1)C1CN(C(=O)C2CC=CC2)CC12CCC2. The van der Waals surface area contributed by atoms with Crippen molar-refractivity contribution in [3.63, 3.8) is 0 Å². The highest BCUT2D eigenvalue weighted by Crippen LogP contribution is 2.52. The van der Waals surface area contributed by atoms with Crippen LogP contribution in [0, 0.1) is 17.3 Å². The van der Waals surface area contributed by atoms with Crippen molar-refractivity contribution in [3.05, 3.63) is 42.2 Å². The second-order valence-electron chi connectivity index (χ2n) is 7.71. The van der Waals surface area contributed by atoms with Crippen molar-refractivity contribution < 1.29 is 9.59 Å². The summed E-state index contributed by atoms with van der Waals surface area (Å²) in [6.07, 6.45) is 12.7. The molecule has 132 valence electrons. The van der Waals surface area contributed by atoms with Crippen LogP contribution < -0.4 is 5.32 Å². The first-order valence-corrected chi connectivity index (χ1v) is 9.28. The van der Waals surface area contributed by atoms with Crippen molar-refractivity contribution >= 4 is 11.8 Å². The number of pyridine rings is 1. The monoisotopic (exact) mass is 339 g/mol. The topological polar surface area (TPSA) is 62.3 Å². The van der Waals surface area contributed by atoms with Gasteiger partial charge in [-0.05, 0) is 37.3 Å². The maximum absolute atomic E-state index is 12.8. The lowest BCUT2D eigenvalue weighted by Gasteiger charge is -2.42. The minimum absolute atomic E-state index is 0.0146. The standard InChI is InChI=1S/C20H25N3O2/c24-18(22-12-15-5-3-10-21-11-15)17-13-23(14-20(17)8-4-9-20)19(25)16-6-1-2-7-16/h1-3,5,10-11,16-17H,4,6-9,12-14H2,(H,22,24). The van der Waals surface area contributed by atoms with Crippen molar-refractivity contribution in [1.29, 1.82) is 0 Å². The van der Waals surface area contributed by atoms with E-state index in [9.17, 15) is 9.59 Å². The Hall–Kier alpha value is -2.17. The number of nitrogens with one attached hydrogen (secondary N) is 1. The van der Waals surface area contributed by atoms with Gasteiger partial charge in [0, 0.05) is 43.4 Å². The normalized spacial score (nSPS) is 24.5. The lowest BCUT2D eigenvalue weighted by atomic mass is 9.62. The van der Waals surface area contributed by atoms with E-state index >= 15 is 0 Å². The Morgan fingerprint density at radius 2 is 2.08 bits per heavy atom. The summed E-state index contributed by atoms with van der Waals surface area (Å²) in [5.41, 5.74) is 1.02. The summed E-state index contributed by atoms with van der Waals surface area (Å²) < 4.78 is 0. The average Bonchev–Trinajstić information content (AvgIpc) is 3.27. The zero-order chi connectivity index (χ0) is 17.3. The van der Waals surface area contributed by atoms with Crippen LogP contribution in [-0.2, 0) is 16.1 Å². The van der Waals surface area contributed by atoms with Crippen molar-refractivity contribution in [1.82, 2.24) is 15.2 Å². The number of aromatic nitrogens is 1. The number of hydrogen-bond donors (Lipinski definition) is 1. The van der Waals surface area contributed by atoms with Crippen LogP contribution in [0.15, 0.2) is 36.7 Å². The van der Waals surface area contributed by atoms with Gasteiger partial charge in [0.1, 0.15) is 0 Å². The number of likely N-dealkylation sites (tertiary alicyclic amines) is 1. The molecule has 1 aliphatic heterocycles. The molecule has 1 aromatic rings. The zero-order valence-corrected chi connectivity index (χ0v) is 14.5. The van der Waals surface area contributed by atoms with Crippen LogP contribution in [0.4, 0.5) is 0 Å².